The van der Waals surface area contributed by atoms with Gasteiger partial charge in [-0.15, -0.1) is 0 Å². The van der Waals surface area contributed by atoms with Gasteiger partial charge in [-0.2, -0.15) is 5.10 Å². The molecular formula is C17H14N4O2. The molecule has 0 aliphatic carbocycles. The normalized spacial score (nSPS) is 11.2. The third kappa shape index (κ3) is 2.49. The molecule has 0 fully saturated rings. The van der Waals surface area contributed by atoms with Gasteiger partial charge in [-0.3, -0.25) is 0 Å². The zero-order valence-electron chi connectivity index (χ0n) is 12.3. The molecule has 0 spiro atoms. The van der Waals surface area contributed by atoms with Gasteiger partial charge in [0.05, 0.1) is 11.9 Å². The van der Waals surface area contributed by atoms with Crippen LogP contribution in [0.25, 0.3) is 22.5 Å². The molecule has 3 heterocycles. The predicted octanol–water partition coefficient (Wildman–Crippen LogP) is 2.63. The van der Waals surface area contributed by atoms with Crippen molar-refractivity contribution in [3.63, 3.8) is 0 Å². The molecule has 0 amide bonds. The number of hydrogen-bond acceptors (Lipinski definition) is 5. The van der Waals surface area contributed by atoms with Crippen molar-refractivity contribution in [2.24, 2.45) is 0 Å². The first-order valence-corrected chi connectivity index (χ1v) is 7.25. The topological polar surface area (TPSA) is 77.0 Å². The van der Waals surface area contributed by atoms with E-state index in [1.807, 2.05) is 35.0 Å². The Bertz CT molecular complexity index is 944. The third-order valence-electron chi connectivity index (χ3n) is 3.64. The van der Waals surface area contributed by atoms with E-state index in [2.05, 4.69) is 15.1 Å². The van der Waals surface area contributed by atoms with Crippen molar-refractivity contribution in [1.82, 2.24) is 19.7 Å². The first-order valence-electron chi connectivity index (χ1n) is 7.25. The fourth-order valence-corrected chi connectivity index (χ4v) is 2.56. The molecule has 3 aromatic heterocycles. The fraction of sp³-hybridized carbons (Fsp3) is 0.118. The van der Waals surface area contributed by atoms with Crippen LogP contribution in [0.2, 0.25) is 0 Å². The Morgan fingerprint density at radius 1 is 1.09 bits per heavy atom. The van der Waals surface area contributed by atoms with Crippen molar-refractivity contribution < 1.29 is 9.52 Å². The van der Waals surface area contributed by atoms with E-state index in [1.54, 1.807) is 18.3 Å². The van der Waals surface area contributed by atoms with Crippen LogP contribution >= 0.6 is 0 Å². The van der Waals surface area contributed by atoms with Crippen LogP contribution < -0.4 is 0 Å². The standard InChI is InChI=1S/C17H14N4O2/c22-10-13-6-7-15(23-13)16-14-8-18-11-19-17(14)21(20-16)9-12-4-2-1-3-5-12/h1-8,11,22H,9-10H2. The van der Waals surface area contributed by atoms with Crippen LogP contribution in [-0.2, 0) is 13.2 Å². The van der Waals surface area contributed by atoms with E-state index < -0.39 is 0 Å². The lowest BCUT2D eigenvalue weighted by Crippen LogP contribution is -2.02. The van der Waals surface area contributed by atoms with E-state index in [0.717, 1.165) is 16.6 Å². The Balaban J connectivity index is 1.83. The molecule has 114 valence electrons. The minimum absolute atomic E-state index is 0.140. The Hall–Kier alpha value is -2.99. The Labute approximate surface area is 132 Å². The minimum Gasteiger partial charge on any atom is -0.457 e. The number of aliphatic hydroxyl groups is 1. The maximum absolute atomic E-state index is 9.17. The second kappa shape index (κ2) is 5.66. The number of furan rings is 1. The van der Waals surface area contributed by atoms with Gasteiger partial charge in [-0.05, 0) is 17.7 Å². The summed E-state index contributed by atoms with van der Waals surface area (Å²) in [6, 6.07) is 13.6. The molecule has 1 aromatic carbocycles. The number of fused-ring (bicyclic) bond motifs is 1. The van der Waals surface area contributed by atoms with Gasteiger partial charge in [0.2, 0.25) is 0 Å². The van der Waals surface area contributed by atoms with Crippen molar-refractivity contribution in [1.29, 1.82) is 0 Å². The van der Waals surface area contributed by atoms with Gasteiger partial charge in [0, 0.05) is 6.20 Å². The van der Waals surface area contributed by atoms with Crippen LogP contribution in [0, 0.1) is 0 Å². The number of benzene rings is 1. The Kier molecular flexibility index (Phi) is 3.36. The second-order valence-corrected chi connectivity index (χ2v) is 5.18. The van der Waals surface area contributed by atoms with Crippen LogP contribution in [0.5, 0.6) is 0 Å². The molecule has 6 nitrogen and oxygen atoms in total. The van der Waals surface area contributed by atoms with Crippen LogP contribution in [-0.4, -0.2) is 24.9 Å². The molecule has 0 aliphatic rings. The van der Waals surface area contributed by atoms with E-state index in [4.69, 9.17) is 9.52 Å². The summed E-state index contributed by atoms with van der Waals surface area (Å²) < 4.78 is 7.45. The first-order chi connectivity index (χ1) is 11.3. The quantitative estimate of drug-likeness (QED) is 0.627. The molecule has 0 aliphatic heterocycles. The minimum atomic E-state index is -0.140. The van der Waals surface area contributed by atoms with Crippen molar-refractivity contribution >= 4 is 11.0 Å². The number of aliphatic hydroxyl groups excluding tert-OH is 1. The Morgan fingerprint density at radius 3 is 2.74 bits per heavy atom. The zero-order chi connectivity index (χ0) is 15.6. The highest BCUT2D eigenvalue weighted by atomic mass is 16.4. The van der Waals surface area contributed by atoms with Gasteiger partial charge in [0.1, 0.15) is 24.4 Å². The Morgan fingerprint density at radius 2 is 1.96 bits per heavy atom. The van der Waals surface area contributed by atoms with Gasteiger partial charge in [-0.25, -0.2) is 14.6 Å². The summed E-state index contributed by atoms with van der Waals surface area (Å²) in [7, 11) is 0. The molecule has 0 saturated carbocycles. The summed E-state index contributed by atoms with van der Waals surface area (Å²) in [6.07, 6.45) is 3.24. The van der Waals surface area contributed by atoms with Gasteiger partial charge < -0.3 is 9.52 Å². The molecule has 4 aromatic rings. The highest BCUT2D eigenvalue weighted by molar-refractivity contribution is 5.88. The van der Waals surface area contributed by atoms with Crippen molar-refractivity contribution in [3.8, 4) is 11.5 Å². The van der Waals surface area contributed by atoms with E-state index in [-0.39, 0.29) is 6.61 Å². The van der Waals surface area contributed by atoms with Crippen molar-refractivity contribution in [3.05, 3.63) is 66.3 Å². The monoisotopic (exact) mass is 306 g/mol. The van der Waals surface area contributed by atoms with Gasteiger partial charge in [0.15, 0.2) is 11.4 Å². The largest absolute Gasteiger partial charge is 0.457 e. The molecule has 4 rings (SSSR count). The van der Waals surface area contributed by atoms with Gasteiger partial charge >= 0.3 is 0 Å². The van der Waals surface area contributed by atoms with Crippen LogP contribution in [0.4, 0.5) is 0 Å². The molecule has 23 heavy (non-hydrogen) atoms. The van der Waals surface area contributed by atoms with Crippen LogP contribution in [0.1, 0.15) is 11.3 Å². The average molecular weight is 306 g/mol. The summed E-state index contributed by atoms with van der Waals surface area (Å²) in [6.45, 7) is 0.473. The number of rotatable bonds is 4. The predicted molar refractivity (Wildman–Crippen MR) is 84.5 cm³/mol. The molecular weight excluding hydrogens is 292 g/mol. The first kappa shape index (κ1) is 13.7. The molecule has 6 heteroatoms. The molecule has 0 bridgehead atoms. The number of hydrogen-bond donors (Lipinski definition) is 1. The summed E-state index contributed by atoms with van der Waals surface area (Å²) in [5.74, 6) is 1.10. The number of aromatic nitrogens is 4. The van der Waals surface area contributed by atoms with E-state index in [1.165, 1.54) is 6.33 Å². The van der Waals surface area contributed by atoms with Crippen LogP contribution in [0.3, 0.4) is 0 Å². The molecule has 1 N–H and O–H groups in total. The SMILES string of the molecule is OCc1ccc(-c2nn(Cc3ccccc3)c3ncncc23)o1. The summed E-state index contributed by atoms with van der Waals surface area (Å²) in [4.78, 5) is 8.44. The van der Waals surface area contributed by atoms with E-state index in [0.29, 0.717) is 23.8 Å². The smallest absolute Gasteiger partial charge is 0.162 e. The lowest BCUT2D eigenvalue weighted by Gasteiger charge is -2.02. The zero-order valence-corrected chi connectivity index (χ0v) is 12.3. The number of nitrogens with zero attached hydrogens (tertiary/aromatic N) is 4. The second-order valence-electron chi connectivity index (χ2n) is 5.18. The molecule has 0 unspecified atom stereocenters. The fourth-order valence-electron chi connectivity index (χ4n) is 2.56. The van der Waals surface area contributed by atoms with Crippen molar-refractivity contribution in [2.75, 3.05) is 0 Å². The lowest BCUT2D eigenvalue weighted by molar-refractivity contribution is 0.248. The summed E-state index contributed by atoms with van der Waals surface area (Å²) in [5, 5.41) is 14.6. The van der Waals surface area contributed by atoms with Crippen molar-refractivity contribution in [2.45, 2.75) is 13.2 Å². The summed E-state index contributed by atoms with van der Waals surface area (Å²) in [5.41, 5.74) is 2.56. The molecule has 0 saturated heterocycles. The van der Waals surface area contributed by atoms with E-state index >= 15 is 0 Å². The highest BCUT2D eigenvalue weighted by Gasteiger charge is 2.16. The highest BCUT2D eigenvalue weighted by Crippen LogP contribution is 2.28. The lowest BCUT2D eigenvalue weighted by atomic mass is 10.2. The van der Waals surface area contributed by atoms with E-state index in [9.17, 15) is 0 Å². The molecule has 0 atom stereocenters. The third-order valence-corrected chi connectivity index (χ3v) is 3.64. The maximum Gasteiger partial charge on any atom is 0.162 e. The van der Waals surface area contributed by atoms with Crippen LogP contribution in [0.15, 0.2) is 59.4 Å². The van der Waals surface area contributed by atoms with Gasteiger partial charge in [0.25, 0.3) is 0 Å². The van der Waals surface area contributed by atoms with Gasteiger partial charge in [-0.1, -0.05) is 30.3 Å². The maximum atomic E-state index is 9.17. The molecule has 0 radical (unpaired) electrons. The average Bonchev–Trinajstić information content (AvgIpc) is 3.21. The summed E-state index contributed by atoms with van der Waals surface area (Å²) >= 11 is 0.